The van der Waals surface area contributed by atoms with Gasteiger partial charge in [-0.3, -0.25) is 4.79 Å². The van der Waals surface area contributed by atoms with Crippen molar-refractivity contribution >= 4 is 38.7 Å². The number of carbonyl (C=O) groups excluding carboxylic acids is 1. The van der Waals surface area contributed by atoms with Crippen LogP contribution in [0.1, 0.15) is 46.0 Å². The quantitative estimate of drug-likeness (QED) is 0.670. The summed E-state index contributed by atoms with van der Waals surface area (Å²) in [5.74, 6) is -0.196. The highest BCUT2D eigenvalue weighted by Gasteiger charge is 2.35. The second-order valence-electron chi connectivity index (χ2n) is 7.34. The Morgan fingerprint density at radius 3 is 2.69 bits per heavy atom. The fourth-order valence-corrected chi connectivity index (χ4v) is 5.15. The third kappa shape index (κ3) is 4.57. The van der Waals surface area contributed by atoms with Crippen molar-refractivity contribution in [2.45, 2.75) is 73.3 Å². The number of nitriles is 1. The number of benzene rings is 1. The first-order valence-electron chi connectivity index (χ1n) is 9.62. The van der Waals surface area contributed by atoms with Gasteiger partial charge in [0.05, 0.1) is 27.2 Å². The molecular weight excluding hydrogens is 410 g/mol. The van der Waals surface area contributed by atoms with Gasteiger partial charge in [-0.05, 0) is 44.9 Å². The predicted molar refractivity (Wildman–Crippen MR) is 112 cm³/mol. The first kappa shape index (κ1) is 21.6. The maximum absolute atomic E-state index is 12.8. The number of rotatable bonds is 6. The van der Waals surface area contributed by atoms with Gasteiger partial charge >= 0.3 is 0 Å². The van der Waals surface area contributed by atoms with E-state index in [0.29, 0.717) is 30.1 Å². The molecule has 1 heterocycles. The number of nitrogens with zero attached hydrogens (tertiary/aromatic N) is 3. The summed E-state index contributed by atoms with van der Waals surface area (Å²) in [6, 6.07) is 6.87. The van der Waals surface area contributed by atoms with E-state index >= 15 is 0 Å². The number of aryl methyl sites for hydroxylation is 1. The van der Waals surface area contributed by atoms with Crippen LogP contribution in [0.4, 0.5) is 0 Å². The number of thioether (sulfide) groups is 1. The second kappa shape index (κ2) is 8.34. The number of aromatic nitrogens is 2. The number of nitrogens with two attached hydrogens (primary N) is 1. The Morgan fingerprint density at radius 1 is 1.41 bits per heavy atom. The number of nitrogens with one attached hydrogen (secondary N) is 1. The summed E-state index contributed by atoms with van der Waals surface area (Å²) in [5.41, 5.74) is 0.504. The zero-order valence-corrected chi connectivity index (χ0v) is 18.1. The van der Waals surface area contributed by atoms with E-state index in [4.69, 9.17) is 5.14 Å². The third-order valence-corrected chi connectivity index (χ3v) is 7.27. The number of fused-ring (bicyclic) bond motifs is 1. The van der Waals surface area contributed by atoms with E-state index in [0.717, 1.165) is 24.8 Å². The zero-order chi connectivity index (χ0) is 21.2. The van der Waals surface area contributed by atoms with E-state index in [2.05, 4.69) is 16.4 Å². The lowest BCUT2D eigenvalue weighted by Crippen LogP contribution is -2.50. The van der Waals surface area contributed by atoms with Crippen molar-refractivity contribution in [3.63, 3.8) is 0 Å². The van der Waals surface area contributed by atoms with Gasteiger partial charge in [-0.25, -0.2) is 18.5 Å². The van der Waals surface area contributed by atoms with Crippen molar-refractivity contribution in [2.75, 3.05) is 0 Å². The summed E-state index contributed by atoms with van der Waals surface area (Å²) >= 11 is 1.29. The Morgan fingerprint density at radius 2 is 2.10 bits per heavy atom. The van der Waals surface area contributed by atoms with Gasteiger partial charge in [0.25, 0.3) is 0 Å². The first-order chi connectivity index (χ1) is 13.7. The van der Waals surface area contributed by atoms with Gasteiger partial charge in [-0.1, -0.05) is 31.0 Å². The summed E-state index contributed by atoms with van der Waals surface area (Å²) in [6.45, 7) is 4.35. The molecule has 156 valence electrons. The normalized spacial score (nSPS) is 17.6. The van der Waals surface area contributed by atoms with Crippen molar-refractivity contribution in [1.82, 2.24) is 14.9 Å². The molecule has 29 heavy (non-hydrogen) atoms. The molecule has 1 aromatic carbocycles. The van der Waals surface area contributed by atoms with Gasteiger partial charge in [-0.2, -0.15) is 5.26 Å². The number of amides is 1. The number of sulfonamides is 1. The van der Waals surface area contributed by atoms with E-state index in [1.54, 1.807) is 13.0 Å². The highest BCUT2D eigenvalue weighted by molar-refractivity contribution is 8.00. The molecule has 0 spiro atoms. The van der Waals surface area contributed by atoms with Crippen LogP contribution >= 0.6 is 11.8 Å². The molecule has 1 aromatic heterocycles. The van der Waals surface area contributed by atoms with Crippen LogP contribution in [0.25, 0.3) is 11.0 Å². The van der Waals surface area contributed by atoms with Crippen LogP contribution < -0.4 is 10.5 Å². The van der Waals surface area contributed by atoms with Crippen LogP contribution in [-0.4, -0.2) is 34.7 Å². The van der Waals surface area contributed by atoms with Gasteiger partial charge in [0.1, 0.15) is 5.54 Å². The highest BCUT2D eigenvalue weighted by atomic mass is 32.2. The topological polar surface area (TPSA) is 131 Å². The molecule has 10 heteroatoms. The van der Waals surface area contributed by atoms with E-state index in [-0.39, 0.29) is 10.8 Å². The van der Waals surface area contributed by atoms with Gasteiger partial charge in [0.15, 0.2) is 5.16 Å². The number of hydrogen-bond donors (Lipinski definition) is 2. The Bertz CT molecular complexity index is 1070. The fraction of sp³-hybridized carbons (Fsp3) is 0.526. The predicted octanol–water partition coefficient (Wildman–Crippen LogP) is 2.53. The first-order valence-corrected chi connectivity index (χ1v) is 12.0. The lowest BCUT2D eigenvalue weighted by molar-refractivity contribution is -0.121. The summed E-state index contributed by atoms with van der Waals surface area (Å²) in [7, 11) is -3.82. The van der Waals surface area contributed by atoms with Crippen LogP contribution in [0.2, 0.25) is 0 Å². The van der Waals surface area contributed by atoms with Crippen LogP contribution in [0.5, 0.6) is 0 Å². The minimum absolute atomic E-state index is 0.00125. The number of imidazole rings is 1. The van der Waals surface area contributed by atoms with Crippen LogP contribution in [0.3, 0.4) is 0 Å². The summed E-state index contributed by atoms with van der Waals surface area (Å²) in [4.78, 5) is 17.3. The SMILES string of the molecule is CCn1c(SC(C)C(=O)NC2(C#N)CCCCC2)nc2cc(S(N)(=O)=O)ccc21. The largest absolute Gasteiger partial charge is 0.337 e. The van der Waals surface area contributed by atoms with Crippen molar-refractivity contribution < 1.29 is 13.2 Å². The number of primary sulfonamides is 1. The monoisotopic (exact) mass is 435 g/mol. The number of hydrogen-bond acceptors (Lipinski definition) is 6. The minimum atomic E-state index is -3.82. The molecule has 1 aliphatic carbocycles. The van der Waals surface area contributed by atoms with Gasteiger partial charge < -0.3 is 9.88 Å². The van der Waals surface area contributed by atoms with Gasteiger partial charge in [0.2, 0.25) is 15.9 Å². The molecule has 1 fully saturated rings. The summed E-state index contributed by atoms with van der Waals surface area (Å²) < 4.78 is 25.2. The van der Waals surface area contributed by atoms with Crippen LogP contribution in [-0.2, 0) is 21.4 Å². The standard InChI is InChI=1S/C19H25N5O3S2/c1-3-24-16-8-7-14(29(21,26)27)11-15(16)22-18(24)28-13(2)17(25)23-19(12-20)9-5-4-6-10-19/h7-8,11,13H,3-6,9-10H2,1-2H3,(H,23,25)(H2,21,26,27). The van der Waals surface area contributed by atoms with Crippen molar-refractivity contribution in [3.05, 3.63) is 18.2 Å². The molecule has 1 unspecified atom stereocenters. The van der Waals surface area contributed by atoms with Crippen molar-refractivity contribution in [1.29, 1.82) is 5.26 Å². The molecule has 1 aliphatic rings. The lowest BCUT2D eigenvalue weighted by atomic mass is 9.83. The van der Waals surface area contributed by atoms with Crippen LogP contribution in [0.15, 0.2) is 28.3 Å². The molecule has 3 rings (SSSR count). The maximum Gasteiger partial charge on any atom is 0.238 e. The van der Waals surface area contributed by atoms with Gasteiger partial charge in [0, 0.05) is 6.54 Å². The fourth-order valence-electron chi connectivity index (χ4n) is 3.63. The van der Waals surface area contributed by atoms with Crippen molar-refractivity contribution in [3.8, 4) is 6.07 Å². The molecule has 8 nitrogen and oxygen atoms in total. The molecular formula is C19H25N5O3S2. The van der Waals surface area contributed by atoms with Crippen molar-refractivity contribution in [2.24, 2.45) is 5.14 Å². The molecule has 0 aliphatic heterocycles. The molecule has 1 atom stereocenters. The Balaban J connectivity index is 1.83. The van der Waals surface area contributed by atoms with E-state index in [1.807, 2.05) is 11.5 Å². The Hall–Kier alpha value is -2.09. The smallest absolute Gasteiger partial charge is 0.238 e. The van der Waals surface area contributed by atoms with Gasteiger partial charge in [-0.15, -0.1) is 0 Å². The van der Waals surface area contributed by atoms with Crippen LogP contribution in [0, 0.1) is 11.3 Å². The third-order valence-electron chi connectivity index (χ3n) is 5.26. The molecule has 0 bridgehead atoms. The molecule has 3 N–H and O–H groups in total. The molecule has 1 saturated carbocycles. The van der Waals surface area contributed by atoms with E-state index < -0.39 is 20.8 Å². The molecule has 2 aromatic rings. The summed E-state index contributed by atoms with van der Waals surface area (Å²) in [5, 5.41) is 17.9. The molecule has 0 radical (unpaired) electrons. The molecule has 0 saturated heterocycles. The lowest BCUT2D eigenvalue weighted by Gasteiger charge is -2.32. The average Bonchev–Trinajstić information content (AvgIpc) is 3.04. The van der Waals surface area contributed by atoms with E-state index in [1.165, 1.54) is 23.9 Å². The Kier molecular flexibility index (Phi) is 6.22. The van der Waals surface area contributed by atoms with E-state index in [9.17, 15) is 18.5 Å². The minimum Gasteiger partial charge on any atom is -0.337 e. The zero-order valence-electron chi connectivity index (χ0n) is 16.5. The maximum atomic E-state index is 12.8. The highest BCUT2D eigenvalue weighted by Crippen LogP contribution is 2.31. The second-order valence-corrected chi connectivity index (χ2v) is 10.2. The Labute approximate surface area is 174 Å². The molecule has 1 amide bonds. The number of carbonyl (C=O) groups is 1. The summed E-state index contributed by atoms with van der Waals surface area (Å²) in [6.07, 6.45) is 4.32. The average molecular weight is 436 g/mol.